The first-order valence-corrected chi connectivity index (χ1v) is 20.0. The van der Waals surface area contributed by atoms with E-state index in [0.717, 1.165) is 119 Å². The van der Waals surface area contributed by atoms with Crippen LogP contribution in [0.2, 0.25) is 0 Å². The molecule has 3 aromatic carbocycles. The van der Waals surface area contributed by atoms with Crippen molar-refractivity contribution in [2.45, 2.75) is 89.5 Å². The van der Waals surface area contributed by atoms with Crippen LogP contribution in [-0.2, 0) is 27.8 Å². The van der Waals surface area contributed by atoms with Crippen LogP contribution in [0.4, 0.5) is 5.69 Å². The fourth-order valence-electron chi connectivity index (χ4n) is 6.73. The second-order valence-electron chi connectivity index (χ2n) is 14.3. The smallest absolute Gasteiger partial charge is 0.134 e. The summed E-state index contributed by atoms with van der Waals surface area (Å²) >= 11 is 0. The Balaban J connectivity index is 1.27. The van der Waals surface area contributed by atoms with Crippen LogP contribution in [0.1, 0.15) is 82.6 Å². The minimum atomic E-state index is -1.22. The number of hydrogen-bond donors (Lipinski definition) is 2. The molecule has 2 N–H and O–H groups in total. The van der Waals surface area contributed by atoms with Crippen LogP contribution >= 0.6 is 0 Å². The zero-order valence-electron chi connectivity index (χ0n) is 31.3. The van der Waals surface area contributed by atoms with Gasteiger partial charge in [0.2, 0.25) is 0 Å². The molecule has 0 saturated heterocycles. The number of hydrogen-bond acceptors (Lipinski definition) is 7. The molecular formula is C42H53N5O4S. The van der Waals surface area contributed by atoms with E-state index in [9.17, 15) is 9.32 Å². The van der Waals surface area contributed by atoms with Gasteiger partial charge < -0.3 is 29.0 Å². The number of imidazole rings is 2. The molecule has 10 heteroatoms. The minimum absolute atomic E-state index is 0.424. The number of fused-ring (bicyclic) bond motifs is 2. The van der Waals surface area contributed by atoms with E-state index in [1.807, 2.05) is 57.4 Å². The number of H-pyrrole nitrogens is 1. The number of nitrogens with one attached hydrogen (secondary N) is 1. The summed E-state index contributed by atoms with van der Waals surface area (Å²) in [5.74, 6) is 2.07. The number of aromatic nitrogens is 4. The number of unbranched alkanes of at least 4 members (excludes halogenated alkanes) is 1. The molecule has 1 aliphatic rings. The van der Waals surface area contributed by atoms with Gasteiger partial charge >= 0.3 is 0 Å². The van der Waals surface area contributed by atoms with E-state index in [-0.39, 0.29) is 0 Å². The fourth-order valence-corrected chi connectivity index (χ4v) is 7.99. The van der Waals surface area contributed by atoms with E-state index >= 15 is 0 Å². The van der Waals surface area contributed by atoms with Crippen LogP contribution in [-0.4, -0.2) is 67.3 Å². The molecule has 0 spiro atoms. The summed E-state index contributed by atoms with van der Waals surface area (Å²) in [5, 5.41) is 10.8. The molecule has 2 aromatic heterocycles. The third-order valence-corrected chi connectivity index (χ3v) is 10.7. The lowest BCUT2D eigenvalue weighted by atomic mass is 9.96. The molecule has 0 bridgehead atoms. The van der Waals surface area contributed by atoms with Gasteiger partial charge in [-0.25, -0.2) is 9.97 Å². The second-order valence-corrected chi connectivity index (χ2v) is 15.8. The molecular weight excluding hydrogens is 671 g/mol. The number of anilines is 1. The van der Waals surface area contributed by atoms with Gasteiger partial charge in [-0.2, -0.15) is 0 Å². The number of aryl methyl sites for hydroxylation is 2. The van der Waals surface area contributed by atoms with Gasteiger partial charge in [0, 0.05) is 36.8 Å². The van der Waals surface area contributed by atoms with Crippen molar-refractivity contribution in [2.24, 2.45) is 0 Å². The Morgan fingerprint density at radius 1 is 0.981 bits per heavy atom. The molecule has 1 atom stereocenters. The minimum Gasteiger partial charge on any atom is -0.491 e. The highest BCUT2D eigenvalue weighted by molar-refractivity contribution is 7.84. The maximum Gasteiger partial charge on any atom is 0.134 e. The summed E-state index contributed by atoms with van der Waals surface area (Å²) < 4.78 is 27.2. The summed E-state index contributed by atoms with van der Waals surface area (Å²) in [5.41, 5.74) is 8.28. The van der Waals surface area contributed by atoms with Crippen molar-refractivity contribution in [3.63, 3.8) is 0 Å². The lowest BCUT2D eigenvalue weighted by Crippen LogP contribution is -2.39. The molecule has 3 heterocycles. The molecule has 276 valence electrons. The Kier molecular flexibility index (Phi) is 12.3. The van der Waals surface area contributed by atoms with Crippen LogP contribution < -0.4 is 9.64 Å². The first-order valence-electron chi connectivity index (χ1n) is 18.6. The van der Waals surface area contributed by atoms with Crippen LogP contribution in [0.15, 0.2) is 71.9 Å². The largest absolute Gasteiger partial charge is 0.491 e. The van der Waals surface area contributed by atoms with Gasteiger partial charge in [-0.1, -0.05) is 38.5 Å². The molecule has 9 nitrogen and oxygen atoms in total. The zero-order chi connectivity index (χ0) is 36.7. The van der Waals surface area contributed by atoms with Crippen LogP contribution in [0.25, 0.3) is 33.8 Å². The van der Waals surface area contributed by atoms with Crippen LogP contribution in [0.3, 0.4) is 0 Å². The number of ether oxygens (including phenoxy) is 2. The SMILES string of the molecule is CCCCOCCOc1ccc(-c2ccc3c(c2)/C=C(/c2nc4ccc([S@](=O)Cc5c(C)ncn5CCC)cc4[nH]2)CCCN3CC(C)(C)O)cc1. The highest BCUT2D eigenvalue weighted by atomic mass is 32.2. The highest BCUT2D eigenvalue weighted by Crippen LogP contribution is 2.35. The number of allylic oxidation sites excluding steroid dienone is 1. The lowest BCUT2D eigenvalue weighted by Gasteiger charge is -2.33. The maximum absolute atomic E-state index is 13.6. The Morgan fingerprint density at radius 3 is 2.56 bits per heavy atom. The van der Waals surface area contributed by atoms with Crippen molar-refractivity contribution in [1.82, 2.24) is 19.5 Å². The molecule has 52 heavy (non-hydrogen) atoms. The van der Waals surface area contributed by atoms with Gasteiger partial charge in [-0.15, -0.1) is 0 Å². The van der Waals surface area contributed by atoms with Crippen molar-refractivity contribution < 1.29 is 18.8 Å². The third-order valence-electron chi connectivity index (χ3n) is 9.38. The molecule has 5 aromatic rings. The van der Waals surface area contributed by atoms with Crippen LogP contribution in [0.5, 0.6) is 5.75 Å². The van der Waals surface area contributed by atoms with Gasteiger partial charge in [-0.05, 0) is 117 Å². The second kappa shape index (κ2) is 17.1. The Labute approximate surface area is 310 Å². The molecule has 0 radical (unpaired) electrons. The van der Waals surface area contributed by atoms with E-state index < -0.39 is 16.4 Å². The number of benzene rings is 3. The molecule has 0 aliphatic carbocycles. The maximum atomic E-state index is 13.6. The van der Waals surface area contributed by atoms with Crippen molar-refractivity contribution in [3.8, 4) is 16.9 Å². The highest BCUT2D eigenvalue weighted by Gasteiger charge is 2.23. The lowest BCUT2D eigenvalue weighted by molar-refractivity contribution is 0.0872. The van der Waals surface area contributed by atoms with Crippen molar-refractivity contribution in [3.05, 3.63) is 89.8 Å². The van der Waals surface area contributed by atoms with Crippen molar-refractivity contribution in [2.75, 3.05) is 37.8 Å². The number of aliphatic hydroxyl groups is 1. The fraction of sp³-hybridized carbons (Fsp3) is 0.429. The molecule has 1 aliphatic heterocycles. The Morgan fingerprint density at radius 2 is 1.79 bits per heavy atom. The average Bonchev–Trinajstić information content (AvgIpc) is 3.70. The van der Waals surface area contributed by atoms with Gasteiger partial charge in [-0.3, -0.25) is 4.21 Å². The van der Waals surface area contributed by atoms with Gasteiger partial charge in [0.05, 0.1) is 57.5 Å². The van der Waals surface area contributed by atoms with E-state index in [1.54, 1.807) is 0 Å². The standard InChI is InChI=1S/C42H53N5O4S/c1-6-8-21-50-22-23-51-35-14-11-31(12-15-35)32-13-18-39-34(24-32)25-33(10-9-20-46(39)28-42(4,5)48)41-44-37-17-16-36(26-38(37)45-41)52(49)27-40-30(3)43-29-47(40)19-7-2/h11-18,24-26,29,48H,6-10,19-23,27-28H2,1-5H3,(H,44,45)/b33-25+/t52-/m1/s1. The number of β-amino-alcohol motifs (C(OH)–C–C–N with tert-alkyl or cyclic N) is 1. The quantitative estimate of drug-likeness (QED) is 0.0984. The monoisotopic (exact) mass is 723 g/mol. The van der Waals surface area contributed by atoms with Gasteiger partial charge in [0.1, 0.15) is 18.2 Å². The van der Waals surface area contributed by atoms with Gasteiger partial charge in [0.15, 0.2) is 0 Å². The van der Waals surface area contributed by atoms with E-state index in [0.29, 0.717) is 25.5 Å². The van der Waals surface area contributed by atoms with E-state index in [4.69, 9.17) is 14.5 Å². The first-order chi connectivity index (χ1) is 25.1. The average molecular weight is 724 g/mol. The topological polar surface area (TPSA) is 106 Å². The Hall–Kier alpha value is -4.25. The van der Waals surface area contributed by atoms with Crippen molar-refractivity contribution >= 4 is 39.2 Å². The molecule has 0 amide bonds. The molecule has 0 saturated carbocycles. The molecule has 0 unspecified atom stereocenters. The summed E-state index contributed by atoms with van der Waals surface area (Å²) in [6.07, 6.45) is 9.00. The first kappa shape index (κ1) is 37.5. The predicted molar refractivity (Wildman–Crippen MR) is 212 cm³/mol. The third kappa shape index (κ3) is 9.40. The predicted octanol–water partition coefficient (Wildman–Crippen LogP) is 8.56. The van der Waals surface area contributed by atoms with Crippen LogP contribution in [0, 0.1) is 6.92 Å². The summed E-state index contributed by atoms with van der Waals surface area (Å²) in [4.78, 5) is 16.1. The number of nitrogens with zero attached hydrogens (tertiary/aromatic N) is 4. The number of rotatable bonds is 16. The van der Waals surface area contributed by atoms with Gasteiger partial charge in [0.25, 0.3) is 0 Å². The summed E-state index contributed by atoms with van der Waals surface area (Å²) in [6.45, 7) is 14.1. The van der Waals surface area contributed by atoms with E-state index in [1.165, 1.54) is 0 Å². The molecule has 0 fully saturated rings. The summed E-state index contributed by atoms with van der Waals surface area (Å²) in [7, 11) is -1.22. The van der Waals surface area contributed by atoms with E-state index in [2.05, 4.69) is 69.7 Å². The molecule has 6 rings (SSSR count). The normalized spacial score (nSPS) is 15.2. The number of aromatic amines is 1. The zero-order valence-corrected chi connectivity index (χ0v) is 32.1. The Bertz CT molecular complexity index is 2010. The van der Waals surface area contributed by atoms with Crippen molar-refractivity contribution in [1.29, 1.82) is 0 Å². The summed E-state index contributed by atoms with van der Waals surface area (Å²) in [6, 6.07) is 20.6.